The van der Waals surface area contributed by atoms with Gasteiger partial charge in [-0.15, -0.1) is 0 Å². The molecule has 118 valence electrons. The summed E-state index contributed by atoms with van der Waals surface area (Å²) in [6.07, 6.45) is -9.75. The number of benzene rings is 1. The number of aliphatic carboxylic acids is 1. The number of carboxylic acid groups (broad SMARTS) is 1. The largest absolute Gasteiger partial charge is 0.481 e. The van der Waals surface area contributed by atoms with Gasteiger partial charge in [-0.05, 0) is 18.2 Å². The van der Waals surface area contributed by atoms with Crippen molar-refractivity contribution >= 4 is 23.3 Å². The first-order chi connectivity index (χ1) is 9.41. The maximum Gasteiger partial charge on any atom is 0.416 e. The van der Waals surface area contributed by atoms with Crippen LogP contribution in [0.1, 0.15) is 5.56 Å². The van der Waals surface area contributed by atoms with Gasteiger partial charge >= 0.3 is 18.3 Å². The number of hydrogen-bond donors (Lipinski definition) is 2. The molecule has 0 aliphatic rings. The summed E-state index contributed by atoms with van der Waals surface area (Å²) in [6.45, 7) is -1.11. The monoisotopic (exact) mass is 335 g/mol. The van der Waals surface area contributed by atoms with Crippen molar-refractivity contribution in [3.05, 3.63) is 28.8 Å². The average molecular weight is 336 g/mol. The molecule has 0 spiro atoms. The predicted molar refractivity (Wildman–Crippen MR) is 62.1 cm³/mol. The third-order valence-electron chi connectivity index (χ3n) is 2.43. The molecule has 0 fully saturated rings. The highest BCUT2D eigenvalue weighted by Crippen LogP contribution is 2.34. The number of anilines is 1. The maximum absolute atomic E-state index is 12.5. The minimum atomic E-state index is -5.02. The Morgan fingerprint density at radius 2 is 1.76 bits per heavy atom. The first kappa shape index (κ1) is 17.4. The Hall–Kier alpha value is -1.64. The highest BCUT2D eigenvalue weighted by Gasteiger charge is 2.45. The SMILES string of the molecule is O=C(O)C(CNc1cc(Cl)cc(C(F)(F)F)c1)C(F)(F)F. The van der Waals surface area contributed by atoms with Crippen LogP contribution in [0.25, 0.3) is 0 Å². The highest BCUT2D eigenvalue weighted by molar-refractivity contribution is 6.30. The summed E-state index contributed by atoms with van der Waals surface area (Å²) in [6, 6.07) is 2.11. The summed E-state index contributed by atoms with van der Waals surface area (Å²) >= 11 is 5.45. The number of rotatable bonds is 4. The van der Waals surface area contributed by atoms with Gasteiger partial charge < -0.3 is 10.4 Å². The highest BCUT2D eigenvalue weighted by atomic mass is 35.5. The summed E-state index contributed by atoms with van der Waals surface area (Å²) < 4.78 is 74.7. The molecule has 1 aromatic carbocycles. The van der Waals surface area contributed by atoms with E-state index in [0.29, 0.717) is 12.1 Å². The van der Waals surface area contributed by atoms with Gasteiger partial charge in [-0.3, -0.25) is 4.79 Å². The van der Waals surface area contributed by atoms with Crippen LogP contribution in [0.4, 0.5) is 32.0 Å². The lowest BCUT2D eigenvalue weighted by Crippen LogP contribution is -2.36. The molecule has 0 radical (unpaired) electrons. The molecule has 0 aliphatic carbocycles. The van der Waals surface area contributed by atoms with E-state index in [9.17, 15) is 31.1 Å². The molecule has 1 rings (SSSR count). The number of hydrogen-bond acceptors (Lipinski definition) is 2. The van der Waals surface area contributed by atoms with E-state index in [1.165, 1.54) is 0 Å². The molecular formula is C11H8ClF6NO2. The van der Waals surface area contributed by atoms with Crippen LogP contribution in [0.2, 0.25) is 5.02 Å². The van der Waals surface area contributed by atoms with Crippen molar-refractivity contribution in [1.29, 1.82) is 0 Å². The second kappa shape index (κ2) is 6.00. The van der Waals surface area contributed by atoms with Gasteiger partial charge in [-0.1, -0.05) is 11.6 Å². The molecule has 10 heteroatoms. The van der Waals surface area contributed by atoms with Gasteiger partial charge in [-0.25, -0.2) is 0 Å². The van der Waals surface area contributed by atoms with E-state index in [1.54, 1.807) is 0 Å². The van der Waals surface area contributed by atoms with Crippen LogP contribution in [0, 0.1) is 5.92 Å². The Kier molecular flexibility index (Phi) is 4.98. The van der Waals surface area contributed by atoms with Crippen LogP contribution < -0.4 is 5.32 Å². The van der Waals surface area contributed by atoms with E-state index in [2.05, 4.69) is 0 Å². The normalized spacial score (nSPS) is 13.9. The van der Waals surface area contributed by atoms with E-state index in [-0.39, 0.29) is 10.7 Å². The van der Waals surface area contributed by atoms with Crippen LogP contribution in [0.3, 0.4) is 0 Å². The number of carbonyl (C=O) groups is 1. The van der Waals surface area contributed by atoms with Gasteiger partial charge in [-0.2, -0.15) is 26.3 Å². The Morgan fingerprint density at radius 3 is 2.19 bits per heavy atom. The van der Waals surface area contributed by atoms with Gasteiger partial charge in [0.2, 0.25) is 0 Å². The zero-order valence-electron chi connectivity index (χ0n) is 10.0. The lowest BCUT2D eigenvalue weighted by molar-refractivity contribution is -0.190. The van der Waals surface area contributed by atoms with Crippen molar-refractivity contribution in [2.24, 2.45) is 5.92 Å². The summed E-state index contributed by atoms with van der Waals surface area (Å²) in [5.74, 6) is -4.88. The van der Waals surface area contributed by atoms with Crippen molar-refractivity contribution in [3.8, 4) is 0 Å². The van der Waals surface area contributed by atoms with Crippen LogP contribution in [-0.4, -0.2) is 23.8 Å². The number of alkyl halides is 6. The summed E-state index contributed by atoms with van der Waals surface area (Å²) in [4.78, 5) is 10.5. The van der Waals surface area contributed by atoms with E-state index < -0.39 is 36.3 Å². The van der Waals surface area contributed by atoms with Crippen LogP contribution in [0.5, 0.6) is 0 Å². The molecule has 2 N–H and O–H groups in total. The smallest absolute Gasteiger partial charge is 0.416 e. The molecule has 0 saturated carbocycles. The summed E-state index contributed by atoms with van der Waals surface area (Å²) in [5, 5.41) is 10.1. The van der Waals surface area contributed by atoms with Gasteiger partial charge in [0.25, 0.3) is 0 Å². The van der Waals surface area contributed by atoms with Crippen molar-refractivity contribution in [3.63, 3.8) is 0 Å². The molecule has 0 heterocycles. The zero-order chi connectivity index (χ0) is 16.4. The summed E-state index contributed by atoms with van der Waals surface area (Å²) in [5.41, 5.74) is -1.51. The molecule has 21 heavy (non-hydrogen) atoms. The van der Waals surface area contributed by atoms with E-state index in [0.717, 1.165) is 6.07 Å². The lowest BCUT2D eigenvalue weighted by atomic mass is 10.1. The topological polar surface area (TPSA) is 49.3 Å². The molecule has 0 amide bonds. The van der Waals surface area contributed by atoms with Crippen LogP contribution in [-0.2, 0) is 11.0 Å². The second-order valence-corrected chi connectivity index (χ2v) is 4.48. The first-order valence-electron chi connectivity index (χ1n) is 5.32. The van der Waals surface area contributed by atoms with Crippen molar-refractivity contribution < 1.29 is 36.2 Å². The van der Waals surface area contributed by atoms with Crippen LogP contribution >= 0.6 is 11.6 Å². The summed E-state index contributed by atoms with van der Waals surface area (Å²) in [7, 11) is 0. The van der Waals surface area contributed by atoms with E-state index in [1.807, 2.05) is 5.32 Å². The van der Waals surface area contributed by atoms with E-state index >= 15 is 0 Å². The molecule has 0 aliphatic heterocycles. The fraction of sp³-hybridized carbons (Fsp3) is 0.364. The Morgan fingerprint density at radius 1 is 1.19 bits per heavy atom. The maximum atomic E-state index is 12.5. The minimum Gasteiger partial charge on any atom is -0.481 e. The molecule has 0 bridgehead atoms. The molecule has 1 aromatic rings. The number of carboxylic acids is 1. The second-order valence-electron chi connectivity index (χ2n) is 4.04. The van der Waals surface area contributed by atoms with Crippen LogP contribution in [0.15, 0.2) is 18.2 Å². The number of nitrogens with one attached hydrogen (secondary N) is 1. The van der Waals surface area contributed by atoms with Gasteiger partial charge in [0.15, 0.2) is 5.92 Å². The van der Waals surface area contributed by atoms with Gasteiger partial charge in [0.05, 0.1) is 5.56 Å². The standard InChI is InChI=1S/C11H8ClF6NO2/c12-6-1-5(10(13,14)15)2-7(3-6)19-4-8(9(20)21)11(16,17)18/h1-3,8,19H,4H2,(H,20,21). The Bertz CT molecular complexity index is 528. The molecular weight excluding hydrogens is 328 g/mol. The zero-order valence-corrected chi connectivity index (χ0v) is 10.8. The third kappa shape index (κ3) is 5.00. The molecule has 3 nitrogen and oxygen atoms in total. The Balaban J connectivity index is 2.94. The van der Waals surface area contributed by atoms with Crippen molar-refractivity contribution in [2.75, 3.05) is 11.9 Å². The minimum absolute atomic E-state index is 0.341. The van der Waals surface area contributed by atoms with Gasteiger partial charge in [0.1, 0.15) is 0 Å². The Labute approximate surface area is 119 Å². The third-order valence-corrected chi connectivity index (χ3v) is 2.65. The lowest BCUT2D eigenvalue weighted by Gasteiger charge is -2.18. The molecule has 0 aromatic heterocycles. The predicted octanol–water partition coefficient (Wildman–Crippen LogP) is 4.03. The van der Waals surface area contributed by atoms with Gasteiger partial charge in [0, 0.05) is 17.3 Å². The molecule has 1 atom stereocenters. The molecule has 1 unspecified atom stereocenters. The first-order valence-corrected chi connectivity index (χ1v) is 5.70. The van der Waals surface area contributed by atoms with Crippen molar-refractivity contribution in [1.82, 2.24) is 0 Å². The van der Waals surface area contributed by atoms with E-state index in [4.69, 9.17) is 16.7 Å². The average Bonchev–Trinajstić information content (AvgIpc) is 2.24. The number of halogens is 7. The fourth-order valence-electron chi connectivity index (χ4n) is 1.42. The van der Waals surface area contributed by atoms with Crippen molar-refractivity contribution in [2.45, 2.75) is 12.4 Å². The quantitative estimate of drug-likeness (QED) is 0.817. The molecule has 0 saturated heterocycles. The fourth-order valence-corrected chi connectivity index (χ4v) is 1.65.